The average Bonchev–Trinajstić information content (AvgIpc) is 2.99. The van der Waals surface area contributed by atoms with Crippen LogP contribution in [0.25, 0.3) is 76.1 Å². The Bertz CT molecular complexity index is 2180. The van der Waals surface area contributed by atoms with Crippen LogP contribution in [0.2, 0.25) is 0 Å². The highest BCUT2D eigenvalue weighted by Gasteiger charge is 2.13. The van der Waals surface area contributed by atoms with Gasteiger partial charge in [-0.05, 0) is 94.3 Å². The highest BCUT2D eigenvalue weighted by atomic mass is 14.2. The molecule has 8 aromatic rings. The van der Waals surface area contributed by atoms with Gasteiger partial charge >= 0.3 is 0 Å². The molecule has 0 aliphatic heterocycles. The van der Waals surface area contributed by atoms with E-state index in [0.29, 0.717) is 0 Å². The first-order valence-electron chi connectivity index (χ1n) is 13.2. The van der Waals surface area contributed by atoms with Crippen molar-refractivity contribution < 1.29 is 0 Å². The lowest BCUT2D eigenvalue weighted by Gasteiger charge is -2.15. The summed E-state index contributed by atoms with van der Waals surface area (Å²) in [5, 5.41) is 12.8. The van der Waals surface area contributed by atoms with Crippen molar-refractivity contribution in [3.05, 3.63) is 146 Å². The van der Waals surface area contributed by atoms with Crippen molar-refractivity contribution in [1.82, 2.24) is 0 Å². The Morgan fingerprint density at radius 3 is 1.32 bits per heavy atom. The molecule has 8 aromatic carbocycles. The summed E-state index contributed by atoms with van der Waals surface area (Å²) < 4.78 is 0. The van der Waals surface area contributed by atoms with Gasteiger partial charge in [0.2, 0.25) is 0 Å². The van der Waals surface area contributed by atoms with E-state index in [0.717, 1.165) is 0 Å². The highest BCUT2D eigenvalue weighted by Crippen LogP contribution is 2.41. The Morgan fingerprint density at radius 2 is 0.632 bits per heavy atom. The summed E-state index contributed by atoms with van der Waals surface area (Å²) in [5.41, 5.74) is 5.13. The molecular formula is C38H24. The van der Waals surface area contributed by atoms with Gasteiger partial charge < -0.3 is 0 Å². The minimum absolute atomic E-state index is 1.26. The fraction of sp³-hybridized carbons (Fsp3) is 0. The van der Waals surface area contributed by atoms with Crippen LogP contribution in [0, 0.1) is 0 Å². The van der Waals surface area contributed by atoms with E-state index in [1.54, 1.807) is 0 Å². The second kappa shape index (κ2) is 8.30. The quantitative estimate of drug-likeness (QED) is 0.170. The normalized spacial score (nSPS) is 11.7. The molecule has 0 spiro atoms. The summed E-state index contributed by atoms with van der Waals surface area (Å²) in [6, 6.07) is 53.4. The zero-order valence-electron chi connectivity index (χ0n) is 20.9. The van der Waals surface area contributed by atoms with E-state index in [1.165, 1.54) is 76.1 Å². The van der Waals surface area contributed by atoms with Gasteiger partial charge in [0.25, 0.3) is 0 Å². The molecule has 0 saturated carbocycles. The van der Waals surface area contributed by atoms with Gasteiger partial charge in [-0.25, -0.2) is 0 Å². The van der Waals surface area contributed by atoms with E-state index in [4.69, 9.17) is 0 Å². The zero-order valence-corrected chi connectivity index (χ0v) is 20.9. The molecule has 0 aliphatic carbocycles. The molecule has 0 heterocycles. The third kappa shape index (κ3) is 3.17. The lowest BCUT2D eigenvalue weighted by atomic mass is 9.88. The van der Waals surface area contributed by atoms with Crippen LogP contribution in [0.3, 0.4) is 0 Å². The van der Waals surface area contributed by atoms with Crippen LogP contribution >= 0.6 is 0 Å². The molecule has 0 heteroatoms. The Morgan fingerprint density at radius 1 is 0.211 bits per heavy atom. The molecule has 0 aromatic heterocycles. The second-order valence-electron chi connectivity index (χ2n) is 10.1. The molecule has 0 unspecified atom stereocenters. The van der Waals surface area contributed by atoms with E-state index in [2.05, 4.69) is 146 Å². The van der Waals surface area contributed by atoms with Crippen molar-refractivity contribution in [1.29, 1.82) is 0 Å². The van der Waals surface area contributed by atoms with E-state index in [1.807, 2.05) is 0 Å². The summed E-state index contributed by atoms with van der Waals surface area (Å²) in [6.07, 6.45) is 0. The average molecular weight is 481 g/mol. The zero-order chi connectivity index (χ0) is 25.1. The first-order chi connectivity index (χ1) is 18.8. The SMILES string of the molecule is c1ccc2c(-c3cccc4cc5c(-c6cc7ccccc7c7ccccc67)cccc5cc34)cccc2c1. The maximum absolute atomic E-state index is 2.39. The Hall–Kier alpha value is -4.94. The predicted octanol–water partition coefficient (Wildman–Crippen LogP) is 10.8. The Kier molecular flexibility index (Phi) is 4.62. The van der Waals surface area contributed by atoms with E-state index in [9.17, 15) is 0 Å². The van der Waals surface area contributed by atoms with Crippen molar-refractivity contribution in [2.45, 2.75) is 0 Å². The molecular weight excluding hydrogens is 456 g/mol. The lowest BCUT2D eigenvalue weighted by Crippen LogP contribution is -1.88. The van der Waals surface area contributed by atoms with Crippen LogP contribution < -0.4 is 0 Å². The van der Waals surface area contributed by atoms with Crippen LogP contribution in [0.5, 0.6) is 0 Å². The molecule has 0 radical (unpaired) electrons. The van der Waals surface area contributed by atoms with Crippen LogP contribution in [0.4, 0.5) is 0 Å². The maximum atomic E-state index is 2.39. The van der Waals surface area contributed by atoms with Gasteiger partial charge in [-0.1, -0.05) is 127 Å². The lowest BCUT2D eigenvalue weighted by molar-refractivity contribution is 1.69. The Balaban J connectivity index is 1.43. The van der Waals surface area contributed by atoms with Crippen LogP contribution in [0.1, 0.15) is 0 Å². The highest BCUT2D eigenvalue weighted by molar-refractivity contribution is 6.18. The van der Waals surface area contributed by atoms with Crippen molar-refractivity contribution in [3.8, 4) is 22.3 Å². The van der Waals surface area contributed by atoms with Crippen LogP contribution in [-0.2, 0) is 0 Å². The molecule has 0 fully saturated rings. The predicted molar refractivity (Wildman–Crippen MR) is 165 cm³/mol. The van der Waals surface area contributed by atoms with Gasteiger partial charge in [0.05, 0.1) is 0 Å². The molecule has 0 bridgehead atoms. The Labute approximate surface area is 221 Å². The number of hydrogen-bond donors (Lipinski definition) is 0. The minimum atomic E-state index is 1.26. The molecule has 0 amide bonds. The van der Waals surface area contributed by atoms with Crippen molar-refractivity contribution in [2.75, 3.05) is 0 Å². The summed E-state index contributed by atoms with van der Waals surface area (Å²) in [5.74, 6) is 0. The fourth-order valence-corrected chi connectivity index (χ4v) is 6.26. The van der Waals surface area contributed by atoms with Crippen LogP contribution in [-0.4, -0.2) is 0 Å². The smallest absolute Gasteiger partial charge is 0.00928 e. The summed E-state index contributed by atoms with van der Waals surface area (Å²) in [4.78, 5) is 0. The number of fused-ring (bicyclic) bond motifs is 6. The van der Waals surface area contributed by atoms with Gasteiger partial charge in [-0.2, -0.15) is 0 Å². The topological polar surface area (TPSA) is 0 Å². The van der Waals surface area contributed by atoms with Crippen LogP contribution in [0.15, 0.2) is 146 Å². The molecule has 0 aliphatic rings. The van der Waals surface area contributed by atoms with Gasteiger partial charge in [0, 0.05) is 0 Å². The molecule has 38 heavy (non-hydrogen) atoms. The second-order valence-corrected chi connectivity index (χ2v) is 10.1. The summed E-state index contributed by atoms with van der Waals surface area (Å²) in [6.45, 7) is 0. The van der Waals surface area contributed by atoms with E-state index in [-0.39, 0.29) is 0 Å². The monoisotopic (exact) mass is 480 g/mol. The fourth-order valence-electron chi connectivity index (χ4n) is 6.26. The summed E-state index contributed by atoms with van der Waals surface area (Å²) in [7, 11) is 0. The third-order valence-corrected chi connectivity index (χ3v) is 8.02. The van der Waals surface area contributed by atoms with E-state index < -0.39 is 0 Å². The van der Waals surface area contributed by atoms with E-state index >= 15 is 0 Å². The van der Waals surface area contributed by atoms with Crippen molar-refractivity contribution >= 4 is 53.9 Å². The minimum Gasteiger partial charge on any atom is -0.0616 e. The van der Waals surface area contributed by atoms with Gasteiger partial charge in [0.1, 0.15) is 0 Å². The summed E-state index contributed by atoms with van der Waals surface area (Å²) >= 11 is 0. The molecule has 0 N–H and O–H groups in total. The standard InChI is InChI=1S/C38H24/c1-3-15-29-25(10-1)12-7-19-32(29)33-20-8-13-27-23-37-28(22-36(27)33)14-9-21-35(37)38-24-26-11-2-4-16-30(26)31-17-5-6-18-34(31)38/h1-24H. The number of benzene rings is 8. The van der Waals surface area contributed by atoms with Gasteiger partial charge in [-0.15, -0.1) is 0 Å². The largest absolute Gasteiger partial charge is 0.0616 e. The molecule has 0 nitrogen and oxygen atoms in total. The number of hydrogen-bond acceptors (Lipinski definition) is 0. The number of rotatable bonds is 2. The maximum Gasteiger partial charge on any atom is -0.00928 e. The first kappa shape index (κ1) is 21.2. The first-order valence-corrected chi connectivity index (χ1v) is 13.2. The molecule has 8 rings (SSSR count). The molecule has 176 valence electrons. The van der Waals surface area contributed by atoms with Gasteiger partial charge in [0.15, 0.2) is 0 Å². The van der Waals surface area contributed by atoms with Gasteiger partial charge in [-0.3, -0.25) is 0 Å². The van der Waals surface area contributed by atoms with Crippen molar-refractivity contribution in [3.63, 3.8) is 0 Å². The third-order valence-electron chi connectivity index (χ3n) is 8.02. The molecule has 0 saturated heterocycles. The molecule has 0 atom stereocenters. The van der Waals surface area contributed by atoms with Crippen molar-refractivity contribution in [2.24, 2.45) is 0 Å².